The van der Waals surface area contributed by atoms with Gasteiger partial charge in [0.1, 0.15) is 17.4 Å². The number of carbonyl (C=O) groups is 2. The Labute approximate surface area is 219 Å². The predicted molar refractivity (Wildman–Crippen MR) is 145 cm³/mol. The molecule has 5 rings (SSSR count). The smallest absolute Gasteiger partial charge is 0.257 e. The lowest BCUT2D eigenvalue weighted by Crippen LogP contribution is -2.40. The number of amides is 1. The first-order chi connectivity index (χ1) is 18.0. The number of methoxy groups -OCH3 is 1. The minimum Gasteiger partial charge on any atom is -0.496 e. The van der Waals surface area contributed by atoms with Crippen molar-refractivity contribution in [3.8, 4) is 16.9 Å². The predicted octanol–water partition coefficient (Wildman–Crippen LogP) is 5.13. The zero-order valence-corrected chi connectivity index (χ0v) is 21.8. The Balaban J connectivity index is 1.46. The molecule has 1 atom stereocenters. The number of nitrogens with one attached hydrogen (secondary N) is 1. The minimum absolute atomic E-state index is 0.0553. The van der Waals surface area contributed by atoms with Crippen LogP contribution in [0, 0.1) is 6.92 Å². The molecule has 9 heteroatoms. The number of rotatable bonds is 7. The van der Waals surface area contributed by atoms with Crippen molar-refractivity contribution in [2.24, 2.45) is 0 Å². The van der Waals surface area contributed by atoms with Gasteiger partial charge in [0.2, 0.25) is 0 Å². The Morgan fingerprint density at radius 1 is 1.19 bits per heavy atom. The molecule has 8 nitrogen and oxygen atoms in total. The lowest BCUT2D eigenvalue weighted by Gasteiger charge is -2.27. The molecule has 1 N–H and O–H groups in total. The van der Waals surface area contributed by atoms with E-state index < -0.39 is 0 Å². The second-order valence-corrected chi connectivity index (χ2v) is 9.85. The number of thiophene rings is 1. The van der Waals surface area contributed by atoms with Gasteiger partial charge in [-0.2, -0.15) is 0 Å². The number of fused-ring (bicyclic) bond motifs is 1. The summed E-state index contributed by atoms with van der Waals surface area (Å²) in [6.45, 7) is 6.06. The largest absolute Gasteiger partial charge is 0.496 e. The summed E-state index contributed by atoms with van der Waals surface area (Å²) in [7, 11) is 1.56. The first kappa shape index (κ1) is 24.9. The Morgan fingerprint density at radius 3 is 2.73 bits per heavy atom. The standard InChI is InChI=1S/C28H28N4O4S/c1-17(26-12-20(16-37-26)21-7-5-4-6-19(21)15-33)29-27-22-14-25(35-3)23(13-24(22)30-18(2)31-27)28(34)32-8-10-36-11-9-32/h4-7,12-17H,8-11H2,1-3H3,(H,29,30,31). The molecule has 1 aliphatic heterocycles. The van der Waals surface area contributed by atoms with E-state index in [9.17, 15) is 9.59 Å². The van der Waals surface area contributed by atoms with Crippen molar-refractivity contribution in [3.05, 3.63) is 69.7 Å². The first-order valence-corrected chi connectivity index (χ1v) is 13.0. The molecule has 190 valence electrons. The van der Waals surface area contributed by atoms with Gasteiger partial charge in [-0.3, -0.25) is 9.59 Å². The molecule has 1 saturated heterocycles. The van der Waals surface area contributed by atoms with Crippen LogP contribution in [-0.2, 0) is 4.74 Å². The molecule has 37 heavy (non-hydrogen) atoms. The van der Waals surface area contributed by atoms with Crippen molar-refractivity contribution in [2.45, 2.75) is 19.9 Å². The van der Waals surface area contributed by atoms with E-state index in [1.807, 2.05) is 37.3 Å². The number of hydrogen-bond donors (Lipinski definition) is 1. The average molecular weight is 517 g/mol. The van der Waals surface area contributed by atoms with E-state index >= 15 is 0 Å². The third kappa shape index (κ3) is 5.05. The lowest BCUT2D eigenvalue weighted by atomic mass is 10.0. The highest BCUT2D eigenvalue weighted by Crippen LogP contribution is 2.35. The number of aromatic nitrogens is 2. The molecule has 1 fully saturated rings. The topological polar surface area (TPSA) is 93.7 Å². The average Bonchev–Trinajstić information content (AvgIpc) is 3.43. The Hall–Kier alpha value is -3.82. The second kappa shape index (κ2) is 10.7. The van der Waals surface area contributed by atoms with Crippen molar-refractivity contribution >= 4 is 40.3 Å². The van der Waals surface area contributed by atoms with Crippen molar-refractivity contribution in [1.29, 1.82) is 0 Å². The molecule has 3 heterocycles. The van der Waals surface area contributed by atoms with Gasteiger partial charge in [0.15, 0.2) is 6.29 Å². The normalized spacial score (nSPS) is 14.4. The maximum atomic E-state index is 13.2. The fourth-order valence-corrected chi connectivity index (χ4v) is 5.43. The van der Waals surface area contributed by atoms with Gasteiger partial charge in [0.25, 0.3) is 5.91 Å². The number of benzene rings is 2. The highest BCUT2D eigenvalue weighted by atomic mass is 32.1. The van der Waals surface area contributed by atoms with Crippen LogP contribution < -0.4 is 10.1 Å². The third-order valence-corrected chi connectivity index (χ3v) is 7.57. The Morgan fingerprint density at radius 2 is 1.97 bits per heavy atom. The molecule has 1 aliphatic rings. The summed E-state index contributed by atoms with van der Waals surface area (Å²) in [5.41, 5.74) is 3.74. The van der Waals surface area contributed by atoms with E-state index in [4.69, 9.17) is 9.47 Å². The molecular weight excluding hydrogens is 488 g/mol. The van der Waals surface area contributed by atoms with Gasteiger partial charge >= 0.3 is 0 Å². The summed E-state index contributed by atoms with van der Waals surface area (Å²) >= 11 is 1.62. The van der Waals surface area contributed by atoms with Crippen LogP contribution in [-0.4, -0.2) is 60.5 Å². The summed E-state index contributed by atoms with van der Waals surface area (Å²) in [6, 6.07) is 13.2. The number of ether oxygens (including phenoxy) is 2. The Bertz CT molecular complexity index is 1460. The molecule has 0 spiro atoms. The summed E-state index contributed by atoms with van der Waals surface area (Å²) in [4.78, 5) is 36.9. The lowest BCUT2D eigenvalue weighted by molar-refractivity contribution is 0.0301. The summed E-state index contributed by atoms with van der Waals surface area (Å²) in [5, 5.41) is 6.36. The van der Waals surface area contributed by atoms with Crippen LogP contribution in [0.3, 0.4) is 0 Å². The second-order valence-electron chi connectivity index (χ2n) is 8.90. The van der Waals surface area contributed by atoms with Crippen LogP contribution in [0.1, 0.15) is 44.4 Å². The van der Waals surface area contributed by atoms with Crippen molar-refractivity contribution in [3.63, 3.8) is 0 Å². The molecule has 1 amide bonds. The van der Waals surface area contributed by atoms with E-state index in [2.05, 4.69) is 33.7 Å². The van der Waals surface area contributed by atoms with Crippen molar-refractivity contribution in [2.75, 3.05) is 38.7 Å². The Kier molecular flexibility index (Phi) is 7.16. The highest BCUT2D eigenvalue weighted by Gasteiger charge is 2.24. The van der Waals surface area contributed by atoms with Crippen LogP contribution in [0.4, 0.5) is 5.82 Å². The van der Waals surface area contributed by atoms with Crippen LogP contribution >= 0.6 is 11.3 Å². The number of aryl methyl sites for hydroxylation is 1. The molecule has 4 aromatic rings. The number of nitrogens with zero attached hydrogens (tertiary/aromatic N) is 3. The van der Waals surface area contributed by atoms with E-state index in [1.165, 1.54) is 0 Å². The molecule has 0 bridgehead atoms. The maximum Gasteiger partial charge on any atom is 0.257 e. The summed E-state index contributed by atoms with van der Waals surface area (Å²) in [6.07, 6.45) is 0.885. The zero-order valence-electron chi connectivity index (χ0n) is 21.0. The van der Waals surface area contributed by atoms with Gasteiger partial charge in [-0.1, -0.05) is 24.3 Å². The minimum atomic E-state index is -0.0945. The molecular formula is C28H28N4O4S. The molecule has 0 radical (unpaired) electrons. The van der Waals surface area contributed by atoms with Gasteiger partial charge in [-0.05, 0) is 48.6 Å². The number of morpholine rings is 1. The number of carbonyl (C=O) groups excluding carboxylic acids is 2. The van der Waals surface area contributed by atoms with Gasteiger partial charge < -0.3 is 19.7 Å². The highest BCUT2D eigenvalue weighted by molar-refractivity contribution is 7.10. The van der Waals surface area contributed by atoms with Crippen LogP contribution in [0.25, 0.3) is 22.0 Å². The van der Waals surface area contributed by atoms with Gasteiger partial charge in [-0.25, -0.2) is 9.97 Å². The van der Waals surface area contributed by atoms with Crippen LogP contribution in [0.15, 0.2) is 47.8 Å². The molecule has 2 aromatic carbocycles. The fraction of sp³-hybridized carbons (Fsp3) is 0.286. The molecule has 2 aromatic heterocycles. The van der Waals surface area contributed by atoms with E-state index in [0.29, 0.717) is 60.3 Å². The molecule has 0 saturated carbocycles. The molecule has 1 unspecified atom stereocenters. The van der Waals surface area contributed by atoms with Gasteiger partial charge in [0.05, 0.1) is 37.4 Å². The SMILES string of the molecule is COc1cc2c(NC(C)c3cc(-c4ccccc4C=O)cs3)nc(C)nc2cc1C(=O)N1CCOCC1. The zero-order chi connectivity index (χ0) is 25.9. The third-order valence-electron chi connectivity index (χ3n) is 6.46. The summed E-state index contributed by atoms with van der Waals surface area (Å²) in [5.74, 6) is 1.66. The maximum absolute atomic E-state index is 13.2. The summed E-state index contributed by atoms with van der Waals surface area (Å²) < 4.78 is 11.0. The molecule has 0 aliphatic carbocycles. The van der Waals surface area contributed by atoms with E-state index in [1.54, 1.807) is 29.4 Å². The first-order valence-electron chi connectivity index (χ1n) is 12.1. The quantitative estimate of drug-likeness (QED) is 0.340. The van der Waals surface area contributed by atoms with Crippen molar-refractivity contribution in [1.82, 2.24) is 14.9 Å². The number of anilines is 1. The van der Waals surface area contributed by atoms with Crippen LogP contribution in [0.5, 0.6) is 5.75 Å². The van der Waals surface area contributed by atoms with Gasteiger partial charge in [0, 0.05) is 28.9 Å². The van der Waals surface area contributed by atoms with Crippen LogP contribution in [0.2, 0.25) is 0 Å². The fourth-order valence-electron chi connectivity index (χ4n) is 4.51. The monoisotopic (exact) mass is 516 g/mol. The van der Waals surface area contributed by atoms with Gasteiger partial charge in [-0.15, -0.1) is 11.3 Å². The number of hydrogen-bond acceptors (Lipinski definition) is 8. The number of aldehydes is 1. The van der Waals surface area contributed by atoms with E-state index in [0.717, 1.165) is 27.7 Å². The van der Waals surface area contributed by atoms with E-state index in [-0.39, 0.29) is 11.9 Å². The van der Waals surface area contributed by atoms with Crippen molar-refractivity contribution < 1.29 is 19.1 Å².